The number of rotatable bonds is 6. The van der Waals surface area contributed by atoms with E-state index in [4.69, 9.17) is 10.5 Å². The summed E-state index contributed by atoms with van der Waals surface area (Å²) in [5.41, 5.74) is 5.78. The average Bonchev–Trinajstić information content (AvgIpc) is 2.60. The van der Waals surface area contributed by atoms with Gasteiger partial charge in [-0.3, -0.25) is 9.59 Å². The van der Waals surface area contributed by atoms with Gasteiger partial charge in [0.25, 0.3) is 11.8 Å². The Hall–Kier alpha value is -2.33. The molecular weight excluding hydrogens is 398 g/mol. The van der Waals surface area contributed by atoms with Gasteiger partial charge in [-0.05, 0) is 58.5 Å². The predicted molar refractivity (Wildman–Crippen MR) is 102 cm³/mol. The molecule has 0 spiro atoms. The average molecular weight is 420 g/mol. The van der Waals surface area contributed by atoms with Crippen LogP contribution in [0.25, 0.3) is 6.08 Å². The summed E-state index contributed by atoms with van der Waals surface area (Å²) in [7, 11) is 0. The lowest BCUT2D eigenvalue weighted by Gasteiger charge is -2.29. The minimum absolute atomic E-state index is 0.0560. The number of halogens is 1. The molecule has 1 aromatic rings. The largest absolute Gasteiger partial charge is 0.483 e. The number of nitrogens with one attached hydrogen (secondary N) is 1. The molecule has 0 heterocycles. The summed E-state index contributed by atoms with van der Waals surface area (Å²) < 4.78 is 5.86. The highest BCUT2D eigenvalue weighted by atomic mass is 79.9. The maximum atomic E-state index is 12.4. The van der Waals surface area contributed by atoms with Crippen LogP contribution in [0.3, 0.4) is 0 Å². The number of amides is 2. The zero-order valence-corrected chi connectivity index (χ0v) is 16.2. The summed E-state index contributed by atoms with van der Waals surface area (Å²) in [6.45, 7) is 1.90. The Morgan fingerprint density at radius 2 is 2.15 bits per heavy atom. The van der Waals surface area contributed by atoms with Crippen molar-refractivity contribution in [3.05, 3.63) is 33.8 Å². The summed E-state index contributed by atoms with van der Waals surface area (Å²) in [6.07, 6.45) is 5.86. The zero-order valence-electron chi connectivity index (χ0n) is 14.6. The number of carbonyl (C=O) groups excluding carboxylic acids is 2. The minimum atomic E-state index is -0.568. The monoisotopic (exact) mass is 419 g/mol. The maximum Gasteiger partial charge on any atom is 0.262 e. The van der Waals surface area contributed by atoms with E-state index in [2.05, 4.69) is 28.2 Å². The molecular formula is C19H22BrN3O3. The van der Waals surface area contributed by atoms with E-state index < -0.39 is 5.91 Å². The zero-order chi connectivity index (χ0) is 19.1. The van der Waals surface area contributed by atoms with Crippen molar-refractivity contribution in [1.29, 1.82) is 5.26 Å². The first-order valence-electron chi connectivity index (χ1n) is 8.54. The normalized spacial score (nSPS) is 20.1. The Kier molecular flexibility index (Phi) is 7.22. The number of nitrogens with two attached hydrogens (primary N) is 1. The third-order valence-corrected chi connectivity index (χ3v) is 5.05. The fourth-order valence-electron chi connectivity index (χ4n) is 2.96. The summed E-state index contributed by atoms with van der Waals surface area (Å²) in [5.74, 6) is -0.0407. The molecule has 1 aromatic carbocycles. The molecule has 0 aliphatic heterocycles. The molecule has 26 heavy (non-hydrogen) atoms. The number of primary amides is 1. The third-order valence-electron chi connectivity index (χ3n) is 4.43. The molecule has 1 saturated carbocycles. The first kappa shape index (κ1) is 20.0. The Morgan fingerprint density at radius 1 is 1.42 bits per heavy atom. The van der Waals surface area contributed by atoms with Crippen molar-refractivity contribution < 1.29 is 14.3 Å². The maximum absolute atomic E-state index is 12.4. The van der Waals surface area contributed by atoms with Crippen LogP contribution in [-0.2, 0) is 9.59 Å². The second kappa shape index (κ2) is 9.39. The second-order valence-electron chi connectivity index (χ2n) is 6.46. The highest BCUT2D eigenvalue weighted by Crippen LogP contribution is 2.27. The van der Waals surface area contributed by atoms with E-state index in [1.807, 2.05) is 6.07 Å². The van der Waals surface area contributed by atoms with Gasteiger partial charge in [-0.2, -0.15) is 5.26 Å². The summed E-state index contributed by atoms with van der Waals surface area (Å²) in [6, 6.07) is 7.15. The van der Waals surface area contributed by atoms with Gasteiger partial charge < -0.3 is 15.8 Å². The number of hydrogen-bond donors (Lipinski definition) is 2. The van der Waals surface area contributed by atoms with Gasteiger partial charge in [0.2, 0.25) is 0 Å². The molecule has 0 radical (unpaired) electrons. The fraction of sp³-hybridized carbons (Fsp3) is 0.421. The van der Waals surface area contributed by atoms with Gasteiger partial charge >= 0.3 is 0 Å². The van der Waals surface area contributed by atoms with Gasteiger partial charge in [0, 0.05) is 6.04 Å². The molecule has 7 heteroatoms. The van der Waals surface area contributed by atoms with Crippen molar-refractivity contribution in [2.75, 3.05) is 6.61 Å². The first-order chi connectivity index (χ1) is 12.4. The van der Waals surface area contributed by atoms with Crippen LogP contribution >= 0.6 is 15.9 Å². The number of nitriles is 1. The Labute approximate surface area is 161 Å². The molecule has 138 valence electrons. The molecule has 1 aliphatic rings. The van der Waals surface area contributed by atoms with Gasteiger partial charge in [0.05, 0.1) is 4.47 Å². The lowest BCUT2D eigenvalue weighted by molar-refractivity contribution is -0.120. The van der Waals surface area contributed by atoms with Crippen LogP contribution in [0.5, 0.6) is 5.75 Å². The molecule has 0 aromatic heterocycles. The van der Waals surface area contributed by atoms with Gasteiger partial charge in [-0.25, -0.2) is 0 Å². The van der Waals surface area contributed by atoms with E-state index in [0.29, 0.717) is 21.7 Å². The highest BCUT2D eigenvalue weighted by molar-refractivity contribution is 9.10. The molecule has 3 N–H and O–H groups in total. The number of benzene rings is 1. The van der Waals surface area contributed by atoms with E-state index in [-0.39, 0.29) is 24.1 Å². The van der Waals surface area contributed by atoms with Gasteiger partial charge in [-0.15, -0.1) is 0 Å². The number of ether oxygens (including phenoxy) is 1. The van der Waals surface area contributed by atoms with Crippen LogP contribution in [0.1, 0.15) is 38.2 Å². The number of hydrogen-bond acceptors (Lipinski definition) is 4. The van der Waals surface area contributed by atoms with Gasteiger partial charge in [-0.1, -0.05) is 25.8 Å². The Balaban J connectivity index is 2.09. The summed E-state index contributed by atoms with van der Waals surface area (Å²) >= 11 is 3.34. The summed E-state index contributed by atoms with van der Waals surface area (Å²) in [4.78, 5) is 23.2. The van der Waals surface area contributed by atoms with Crippen molar-refractivity contribution in [1.82, 2.24) is 5.32 Å². The van der Waals surface area contributed by atoms with Crippen LogP contribution < -0.4 is 15.8 Å². The lowest BCUT2D eigenvalue weighted by atomic mass is 9.86. The van der Waals surface area contributed by atoms with Crippen LogP contribution in [0.2, 0.25) is 0 Å². The minimum Gasteiger partial charge on any atom is -0.483 e. The van der Waals surface area contributed by atoms with E-state index in [9.17, 15) is 14.9 Å². The van der Waals surface area contributed by atoms with Crippen molar-refractivity contribution >= 4 is 33.8 Å². The van der Waals surface area contributed by atoms with Crippen molar-refractivity contribution in [2.24, 2.45) is 11.7 Å². The lowest BCUT2D eigenvalue weighted by Crippen LogP contribution is -2.41. The highest BCUT2D eigenvalue weighted by Gasteiger charge is 2.24. The quantitative estimate of drug-likeness (QED) is 0.545. The van der Waals surface area contributed by atoms with Crippen molar-refractivity contribution in [2.45, 2.75) is 38.6 Å². The van der Waals surface area contributed by atoms with Crippen LogP contribution in [0.15, 0.2) is 28.2 Å². The SMILES string of the molecule is C[C@H]1CCCC[C@@H]1NC(=O)/C(C#N)=C/c1ccc(OCC(N)=O)c(Br)c1. The molecule has 0 unspecified atom stereocenters. The molecule has 6 nitrogen and oxygen atoms in total. The Morgan fingerprint density at radius 3 is 2.77 bits per heavy atom. The van der Waals surface area contributed by atoms with E-state index in [0.717, 1.165) is 19.3 Å². The van der Waals surface area contributed by atoms with Crippen molar-refractivity contribution in [3.8, 4) is 11.8 Å². The van der Waals surface area contributed by atoms with E-state index >= 15 is 0 Å². The van der Waals surface area contributed by atoms with Gasteiger partial charge in [0.1, 0.15) is 17.4 Å². The van der Waals surface area contributed by atoms with Crippen molar-refractivity contribution in [3.63, 3.8) is 0 Å². The topological polar surface area (TPSA) is 105 Å². The number of carbonyl (C=O) groups is 2. The Bertz CT molecular complexity index is 755. The molecule has 2 atom stereocenters. The molecule has 1 fully saturated rings. The smallest absolute Gasteiger partial charge is 0.262 e. The summed E-state index contributed by atoms with van der Waals surface area (Å²) in [5, 5.41) is 12.3. The predicted octanol–water partition coefficient (Wildman–Crippen LogP) is 2.92. The van der Waals surface area contributed by atoms with E-state index in [1.165, 1.54) is 12.5 Å². The second-order valence-corrected chi connectivity index (χ2v) is 7.31. The molecule has 2 amide bonds. The third kappa shape index (κ3) is 5.60. The van der Waals surface area contributed by atoms with Gasteiger partial charge in [0.15, 0.2) is 6.61 Å². The molecule has 1 aliphatic carbocycles. The molecule has 2 rings (SSSR count). The molecule has 0 saturated heterocycles. The molecule has 0 bridgehead atoms. The fourth-order valence-corrected chi connectivity index (χ4v) is 3.48. The van der Waals surface area contributed by atoms with Crippen LogP contribution in [-0.4, -0.2) is 24.5 Å². The standard InChI is InChI=1S/C19H22BrN3O3/c1-12-4-2-3-5-16(12)23-19(25)14(10-21)8-13-6-7-17(15(20)9-13)26-11-18(22)24/h6-9,12,16H,2-5,11H2,1H3,(H2,22,24)(H,23,25)/b14-8+/t12-,16-/m0/s1. The van der Waals surface area contributed by atoms with Crippen LogP contribution in [0, 0.1) is 17.2 Å². The first-order valence-corrected chi connectivity index (χ1v) is 9.33. The number of nitrogens with zero attached hydrogens (tertiary/aromatic N) is 1. The van der Waals surface area contributed by atoms with E-state index in [1.54, 1.807) is 18.2 Å². The van der Waals surface area contributed by atoms with Crippen LogP contribution in [0.4, 0.5) is 0 Å².